The van der Waals surface area contributed by atoms with Gasteiger partial charge >= 0.3 is 0 Å². The summed E-state index contributed by atoms with van der Waals surface area (Å²) >= 11 is 5.82. The van der Waals surface area contributed by atoms with Crippen molar-refractivity contribution < 1.29 is 8.78 Å². The highest BCUT2D eigenvalue weighted by Gasteiger charge is 2.13. The van der Waals surface area contributed by atoms with Crippen molar-refractivity contribution in [2.45, 2.75) is 6.92 Å². The molecule has 0 amide bonds. The van der Waals surface area contributed by atoms with Gasteiger partial charge in [-0.2, -0.15) is 0 Å². The highest BCUT2D eigenvalue weighted by atomic mass is 35.5. The minimum atomic E-state index is -0.675. The van der Waals surface area contributed by atoms with Gasteiger partial charge in [0.25, 0.3) is 0 Å². The predicted octanol–water partition coefficient (Wildman–Crippen LogP) is 3.03. The lowest BCUT2D eigenvalue weighted by Gasteiger charge is -2.04. The van der Waals surface area contributed by atoms with Crippen LogP contribution in [0.1, 0.15) is 5.82 Å². The van der Waals surface area contributed by atoms with Gasteiger partial charge in [-0.1, -0.05) is 11.6 Å². The summed E-state index contributed by atoms with van der Waals surface area (Å²) in [5.74, 6) is -0.500. The van der Waals surface area contributed by atoms with Gasteiger partial charge in [0.15, 0.2) is 11.5 Å². The van der Waals surface area contributed by atoms with E-state index in [-0.39, 0.29) is 10.7 Å². The molecule has 0 bridgehead atoms. The largest absolute Gasteiger partial charge is 0.263 e. The molecule has 0 saturated heterocycles. The number of halogens is 3. The Kier molecular flexibility index (Phi) is 2.67. The van der Waals surface area contributed by atoms with Crippen molar-refractivity contribution in [1.82, 2.24) is 19.6 Å². The first kappa shape index (κ1) is 12.0. The lowest BCUT2D eigenvalue weighted by atomic mass is 10.2. The van der Waals surface area contributed by atoms with Gasteiger partial charge in [0.1, 0.15) is 22.6 Å². The molecular formula is C12H7ClF2N4. The van der Waals surface area contributed by atoms with E-state index in [1.165, 1.54) is 18.2 Å². The second kappa shape index (κ2) is 4.24. The first-order valence-electron chi connectivity index (χ1n) is 5.39. The zero-order valence-electron chi connectivity index (χ0n) is 9.73. The molecule has 19 heavy (non-hydrogen) atoms. The fourth-order valence-corrected chi connectivity index (χ4v) is 2.14. The van der Waals surface area contributed by atoms with E-state index in [1.54, 1.807) is 11.3 Å². The molecule has 0 aliphatic heterocycles. The van der Waals surface area contributed by atoms with Crippen LogP contribution in [0, 0.1) is 18.6 Å². The molecule has 3 rings (SSSR count). The minimum Gasteiger partial charge on any atom is -0.263 e. The second-order valence-corrected chi connectivity index (χ2v) is 4.39. The van der Waals surface area contributed by atoms with Crippen LogP contribution in [-0.4, -0.2) is 19.6 Å². The molecular weight excluding hydrogens is 274 g/mol. The topological polar surface area (TPSA) is 43.1 Å². The smallest absolute Gasteiger partial charge is 0.169 e. The van der Waals surface area contributed by atoms with Gasteiger partial charge in [0.2, 0.25) is 0 Å². The van der Waals surface area contributed by atoms with Gasteiger partial charge < -0.3 is 0 Å². The number of aryl methyl sites for hydroxylation is 1. The molecule has 0 spiro atoms. The van der Waals surface area contributed by atoms with Gasteiger partial charge in [-0.15, -0.1) is 10.2 Å². The molecule has 0 fully saturated rings. The van der Waals surface area contributed by atoms with Gasteiger partial charge in [-0.25, -0.2) is 13.8 Å². The number of aromatic nitrogens is 4. The van der Waals surface area contributed by atoms with Crippen molar-refractivity contribution in [2.75, 3.05) is 0 Å². The lowest BCUT2D eigenvalue weighted by Crippen LogP contribution is -1.98. The van der Waals surface area contributed by atoms with Crippen LogP contribution in [-0.2, 0) is 0 Å². The lowest BCUT2D eigenvalue weighted by molar-refractivity contribution is 0.584. The summed E-state index contributed by atoms with van der Waals surface area (Å²) in [5.41, 5.74) is 0.759. The monoisotopic (exact) mass is 280 g/mol. The van der Waals surface area contributed by atoms with Crippen molar-refractivity contribution in [3.63, 3.8) is 0 Å². The Balaban J connectivity index is 2.31. The van der Waals surface area contributed by atoms with Crippen LogP contribution in [0.15, 0.2) is 24.3 Å². The fourth-order valence-electron chi connectivity index (χ4n) is 1.92. The number of hydrogen-bond acceptors (Lipinski definition) is 3. The zero-order valence-corrected chi connectivity index (χ0v) is 10.5. The van der Waals surface area contributed by atoms with E-state index < -0.39 is 11.6 Å². The summed E-state index contributed by atoms with van der Waals surface area (Å²) in [5, 5.41) is 8.14. The minimum absolute atomic E-state index is 0.286. The van der Waals surface area contributed by atoms with Crippen molar-refractivity contribution in [1.29, 1.82) is 0 Å². The number of fused-ring (bicyclic) bond motifs is 1. The first-order valence-corrected chi connectivity index (χ1v) is 5.77. The molecule has 0 radical (unpaired) electrons. The highest BCUT2D eigenvalue weighted by molar-refractivity contribution is 6.29. The summed E-state index contributed by atoms with van der Waals surface area (Å²) in [6.07, 6.45) is 0. The molecule has 0 aliphatic rings. The molecule has 4 nitrogen and oxygen atoms in total. The van der Waals surface area contributed by atoms with Gasteiger partial charge in [-0.3, -0.25) is 4.40 Å². The van der Waals surface area contributed by atoms with E-state index >= 15 is 0 Å². The first-order chi connectivity index (χ1) is 9.04. The normalized spacial score (nSPS) is 11.2. The SMILES string of the molecule is Cc1nc(Cl)cc2nnc(-c3cc(F)cc(F)c3)n12. The van der Waals surface area contributed by atoms with Crippen molar-refractivity contribution in [3.8, 4) is 11.4 Å². The maximum Gasteiger partial charge on any atom is 0.169 e. The summed E-state index contributed by atoms with van der Waals surface area (Å²) in [6, 6.07) is 4.70. The Morgan fingerprint density at radius 3 is 2.42 bits per heavy atom. The third kappa shape index (κ3) is 2.04. The Hall–Kier alpha value is -2.08. The van der Waals surface area contributed by atoms with Gasteiger partial charge in [0.05, 0.1) is 0 Å². The summed E-state index contributed by atoms with van der Waals surface area (Å²) in [7, 11) is 0. The van der Waals surface area contributed by atoms with Crippen LogP contribution in [0.2, 0.25) is 5.15 Å². The van der Waals surface area contributed by atoms with Crippen LogP contribution >= 0.6 is 11.6 Å². The van der Waals surface area contributed by atoms with E-state index in [0.717, 1.165) is 6.07 Å². The predicted molar refractivity (Wildman–Crippen MR) is 65.9 cm³/mol. The quantitative estimate of drug-likeness (QED) is 0.644. The van der Waals surface area contributed by atoms with Crippen LogP contribution in [0.25, 0.3) is 17.0 Å². The van der Waals surface area contributed by atoms with Crippen LogP contribution < -0.4 is 0 Å². The van der Waals surface area contributed by atoms with E-state index in [9.17, 15) is 8.78 Å². The number of rotatable bonds is 1. The molecule has 0 saturated carbocycles. The Morgan fingerprint density at radius 1 is 1.05 bits per heavy atom. The van der Waals surface area contributed by atoms with Gasteiger partial charge in [-0.05, 0) is 19.1 Å². The van der Waals surface area contributed by atoms with Crippen molar-refractivity contribution in [3.05, 3.63) is 46.9 Å². The zero-order chi connectivity index (χ0) is 13.6. The van der Waals surface area contributed by atoms with E-state index in [1.807, 2.05) is 0 Å². The molecule has 0 N–H and O–H groups in total. The molecule has 7 heteroatoms. The van der Waals surface area contributed by atoms with E-state index in [0.29, 0.717) is 17.3 Å². The third-order valence-electron chi connectivity index (χ3n) is 2.65. The number of hydrogen-bond donors (Lipinski definition) is 0. The molecule has 2 aromatic heterocycles. The van der Waals surface area contributed by atoms with E-state index in [2.05, 4.69) is 15.2 Å². The third-order valence-corrected chi connectivity index (χ3v) is 2.84. The maximum absolute atomic E-state index is 13.3. The Labute approximate surface area is 111 Å². The number of benzene rings is 1. The molecule has 2 heterocycles. The summed E-state index contributed by atoms with van der Waals surface area (Å²) in [4.78, 5) is 4.07. The summed E-state index contributed by atoms with van der Waals surface area (Å²) < 4.78 is 28.1. The number of nitrogens with zero attached hydrogens (tertiary/aromatic N) is 4. The van der Waals surface area contributed by atoms with Gasteiger partial charge in [0, 0.05) is 17.7 Å². The molecule has 1 aromatic carbocycles. The van der Waals surface area contributed by atoms with Crippen LogP contribution in [0.4, 0.5) is 8.78 Å². The molecule has 3 aromatic rings. The average Bonchev–Trinajstić information content (AvgIpc) is 2.71. The van der Waals surface area contributed by atoms with E-state index in [4.69, 9.17) is 11.6 Å². The van der Waals surface area contributed by atoms with Crippen LogP contribution in [0.3, 0.4) is 0 Å². The standard InChI is InChI=1S/C12H7ClF2N4/c1-6-16-10(13)5-11-17-18-12(19(6)11)7-2-8(14)4-9(15)3-7/h2-5H,1H3. The van der Waals surface area contributed by atoms with Crippen LogP contribution in [0.5, 0.6) is 0 Å². The van der Waals surface area contributed by atoms with Crippen molar-refractivity contribution >= 4 is 17.2 Å². The van der Waals surface area contributed by atoms with Crippen molar-refractivity contribution in [2.24, 2.45) is 0 Å². The summed E-state index contributed by atoms with van der Waals surface area (Å²) in [6.45, 7) is 1.71. The Bertz CT molecular complexity index is 764. The molecule has 0 unspecified atom stereocenters. The molecule has 0 aliphatic carbocycles. The highest BCUT2D eigenvalue weighted by Crippen LogP contribution is 2.22. The molecule has 0 atom stereocenters. The fraction of sp³-hybridized carbons (Fsp3) is 0.0833. The maximum atomic E-state index is 13.3. The second-order valence-electron chi connectivity index (χ2n) is 4.00. The molecule has 96 valence electrons. The average molecular weight is 281 g/mol. The Morgan fingerprint density at radius 2 is 1.74 bits per heavy atom.